The maximum absolute atomic E-state index is 12.5. The Morgan fingerprint density at radius 2 is 1.54 bits per heavy atom. The highest BCUT2D eigenvalue weighted by atomic mass is 16.4. The van der Waals surface area contributed by atoms with E-state index in [-0.39, 0.29) is 18.9 Å². The van der Waals surface area contributed by atoms with Crippen molar-refractivity contribution in [1.29, 1.82) is 0 Å². The number of carbonyl (C=O) groups is 3. The lowest BCUT2D eigenvalue weighted by atomic mass is 10.0. The van der Waals surface area contributed by atoms with Gasteiger partial charge in [-0.05, 0) is 24.0 Å². The Morgan fingerprint density at radius 1 is 0.929 bits per heavy atom. The van der Waals surface area contributed by atoms with E-state index in [0.717, 1.165) is 11.1 Å². The maximum atomic E-state index is 12.5. The number of carbonyl (C=O) groups excluding carboxylic acids is 2. The van der Waals surface area contributed by atoms with Crippen molar-refractivity contribution in [1.82, 2.24) is 10.6 Å². The number of benzene rings is 2. The van der Waals surface area contributed by atoms with Gasteiger partial charge in [-0.25, -0.2) is 4.79 Å². The molecule has 0 heterocycles. The first kappa shape index (κ1) is 21.0. The lowest BCUT2D eigenvalue weighted by molar-refractivity contribution is -0.137. The fraction of sp³-hybridized carbons (Fsp3) is 0.286. The van der Waals surface area contributed by atoms with Crippen molar-refractivity contribution in [3.05, 3.63) is 71.8 Å². The minimum atomic E-state index is -0.920. The first-order chi connectivity index (χ1) is 13.4. The van der Waals surface area contributed by atoms with Crippen LogP contribution in [0, 0.1) is 0 Å². The fourth-order valence-corrected chi connectivity index (χ4v) is 2.95. The van der Waals surface area contributed by atoms with Gasteiger partial charge >= 0.3 is 12.0 Å². The molecule has 0 spiro atoms. The molecular weight excluding hydrogens is 358 g/mol. The van der Waals surface area contributed by atoms with Gasteiger partial charge in [0.15, 0.2) is 0 Å². The van der Waals surface area contributed by atoms with Gasteiger partial charge in [0, 0.05) is 12.5 Å². The topological polar surface area (TPSA) is 122 Å². The normalized spacial score (nSPS) is 12.6. The number of hydrogen-bond donors (Lipinski definition) is 4. The van der Waals surface area contributed by atoms with Crippen molar-refractivity contribution in [2.75, 3.05) is 0 Å². The Bertz CT molecular complexity index is 781. The van der Waals surface area contributed by atoms with Gasteiger partial charge < -0.3 is 21.5 Å². The zero-order chi connectivity index (χ0) is 20.4. The van der Waals surface area contributed by atoms with Crippen molar-refractivity contribution in [2.24, 2.45) is 5.73 Å². The lowest BCUT2D eigenvalue weighted by Gasteiger charge is -2.22. The molecule has 3 amide bonds. The highest BCUT2D eigenvalue weighted by molar-refractivity contribution is 5.78. The number of carboxylic acids is 1. The van der Waals surface area contributed by atoms with Gasteiger partial charge in [-0.1, -0.05) is 60.7 Å². The van der Waals surface area contributed by atoms with Crippen LogP contribution >= 0.6 is 0 Å². The van der Waals surface area contributed by atoms with Gasteiger partial charge in [0.05, 0.1) is 12.5 Å². The standard InChI is InChI=1S/C21H25N3O4/c22-19(25)14-18(16-9-5-2-6-10-16)24-21(28)23-17(11-12-20(26)27)13-15-7-3-1-4-8-15/h1-10,17-18H,11-14H2,(H2,22,25)(H,26,27)(H2,23,24,28)/t17?,18-/m0/s1. The molecule has 5 N–H and O–H groups in total. The van der Waals surface area contributed by atoms with Crippen molar-refractivity contribution in [3.8, 4) is 0 Å². The summed E-state index contributed by atoms with van der Waals surface area (Å²) in [7, 11) is 0. The van der Waals surface area contributed by atoms with Gasteiger partial charge in [0.1, 0.15) is 0 Å². The number of aliphatic carboxylic acids is 1. The van der Waals surface area contributed by atoms with E-state index >= 15 is 0 Å². The van der Waals surface area contributed by atoms with E-state index in [9.17, 15) is 14.4 Å². The minimum absolute atomic E-state index is 0.0318. The average molecular weight is 383 g/mol. The number of nitrogens with one attached hydrogen (secondary N) is 2. The predicted octanol–water partition coefficient (Wildman–Crippen LogP) is 2.38. The molecule has 0 radical (unpaired) electrons. The number of rotatable bonds is 10. The maximum Gasteiger partial charge on any atom is 0.315 e. The highest BCUT2D eigenvalue weighted by Gasteiger charge is 2.20. The second kappa shape index (κ2) is 10.7. The molecule has 0 aromatic heterocycles. The summed E-state index contributed by atoms with van der Waals surface area (Å²) in [6.07, 6.45) is 0.716. The molecule has 0 saturated carbocycles. The summed E-state index contributed by atoms with van der Waals surface area (Å²) in [6.45, 7) is 0. The minimum Gasteiger partial charge on any atom is -0.481 e. The Hall–Kier alpha value is -3.35. The molecule has 2 aromatic rings. The van der Waals surface area contributed by atoms with Crippen LogP contribution in [0.25, 0.3) is 0 Å². The summed E-state index contributed by atoms with van der Waals surface area (Å²) in [6, 6.07) is 17.2. The largest absolute Gasteiger partial charge is 0.481 e. The van der Waals surface area contributed by atoms with Crippen LogP contribution in [0.3, 0.4) is 0 Å². The van der Waals surface area contributed by atoms with Crippen molar-refractivity contribution < 1.29 is 19.5 Å². The molecule has 7 heteroatoms. The van der Waals surface area contributed by atoms with Crippen LogP contribution in [0.5, 0.6) is 0 Å². The zero-order valence-electron chi connectivity index (χ0n) is 15.5. The molecule has 0 fully saturated rings. The average Bonchev–Trinajstić information content (AvgIpc) is 2.66. The van der Waals surface area contributed by atoms with E-state index < -0.39 is 23.9 Å². The molecular formula is C21H25N3O4. The Morgan fingerprint density at radius 3 is 2.11 bits per heavy atom. The molecule has 0 aliphatic rings. The third-order valence-electron chi connectivity index (χ3n) is 4.28. The van der Waals surface area contributed by atoms with Gasteiger partial charge in [-0.15, -0.1) is 0 Å². The van der Waals surface area contributed by atoms with Crippen LogP contribution in [-0.4, -0.2) is 29.1 Å². The first-order valence-corrected chi connectivity index (χ1v) is 9.10. The zero-order valence-corrected chi connectivity index (χ0v) is 15.5. The predicted molar refractivity (Wildman–Crippen MR) is 105 cm³/mol. The van der Waals surface area contributed by atoms with Crippen LogP contribution in [0.4, 0.5) is 4.79 Å². The van der Waals surface area contributed by atoms with E-state index in [1.165, 1.54) is 0 Å². The highest BCUT2D eigenvalue weighted by Crippen LogP contribution is 2.16. The SMILES string of the molecule is NC(=O)C[C@H](NC(=O)NC(CCC(=O)O)Cc1ccccc1)c1ccccc1. The number of amides is 3. The van der Waals surface area contributed by atoms with Crippen LogP contribution < -0.4 is 16.4 Å². The first-order valence-electron chi connectivity index (χ1n) is 9.10. The number of hydrogen-bond acceptors (Lipinski definition) is 3. The molecule has 0 bridgehead atoms. The van der Waals surface area contributed by atoms with Crippen molar-refractivity contribution in [2.45, 2.75) is 37.8 Å². The van der Waals surface area contributed by atoms with Gasteiger partial charge in [0.2, 0.25) is 5.91 Å². The van der Waals surface area contributed by atoms with Crippen LogP contribution in [-0.2, 0) is 16.0 Å². The van der Waals surface area contributed by atoms with Gasteiger partial charge in [-0.2, -0.15) is 0 Å². The van der Waals surface area contributed by atoms with Crippen LogP contribution in [0.1, 0.15) is 36.4 Å². The molecule has 2 rings (SSSR count). The number of carboxylic acid groups (broad SMARTS) is 1. The van der Waals surface area contributed by atoms with E-state index in [4.69, 9.17) is 10.8 Å². The summed E-state index contributed by atoms with van der Waals surface area (Å²) in [5, 5.41) is 14.6. The molecule has 0 saturated heterocycles. The van der Waals surface area contributed by atoms with E-state index in [2.05, 4.69) is 10.6 Å². The monoisotopic (exact) mass is 383 g/mol. The molecule has 0 aliphatic heterocycles. The summed E-state index contributed by atoms with van der Waals surface area (Å²) < 4.78 is 0. The second-order valence-corrected chi connectivity index (χ2v) is 6.57. The quantitative estimate of drug-likeness (QED) is 0.503. The molecule has 7 nitrogen and oxygen atoms in total. The number of primary amides is 1. The Labute approximate surface area is 163 Å². The second-order valence-electron chi connectivity index (χ2n) is 6.57. The lowest BCUT2D eigenvalue weighted by Crippen LogP contribution is -2.45. The molecule has 2 atom stereocenters. The fourth-order valence-electron chi connectivity index (χ4n) is 2.95. The van der Waals surface area contributed by atoms with Crippen LogP contribution in [0.2, 0.25) is 0 Å². The molecule has 1 unspecified atom stereocenters. The van der Waals surface area contributed by atoms with Crippen molar-refractivity contribution in [3.63, 3.8) is 0 Å². The van der Waals surface area contributed by atoms with Crippen molar-refractivity contribution >= 4 is 17.9 Å². The number of urea groups is 1. The Balaban J connectivity index is 2.04. The smallest absolute Gasteiger partial charge is 0.315 e. The van der Waals surface area contributed by atoms with E-state index in [1.807, 2.05) is 48.5 Å². The summed E-state index contributed by atoms with van der Waals surface area (Å²) >= 11 is 0. The summed E-state index contributed by atoms with van der Waals surface area (Å²) in [5.41, 5.74) is 7.08. The summed E-state index contributed by atoms with van der Waals surface area (Å²) in [4.78, 5) is 34.9. The summed E-state index contributed by atoms with van der Waals surface area (Å²) in [5.74, 6) is -1.45. The molecule has 148 valence electrons. The molecule has 28 heavy (non-hydrogen) atoms. The number of nitrogens with two attached hydrogens (primary N) is 1. The van der Waals surface area contributed by atoms with Gasteiger partial charge in [0.25, 0.3) is 0 Å². The Kier molecular flexibility index (Phi) is 8.02. The molecule has 0 aliphatic carbocycles. The van der Waals surface area contributed by atoms with Crippen LogP contribution in [0.15, 0.2) is 60.7 Å². The van der Waals surface area contributed by atoms with Gasteiger partial charge in [-0.3, -0.25) is 9.59 Å². The third-order valence-corrected chi connectivity index (χ3v) is 4.28. The third kappa shape index (κ3) is 7.49. The van der Waals surface area contributed by atoms with E-state index in [1.54, 1.807) is 12.1 Å². The van der Waals surface area contributed by atoms with E-state index in [0.29, 0.717) is 12.8 Å². The molecule has 2 aromatic carbocycles.